The fraction of sp³-hybridized carbons (Fsp3) is 0.261. The molecular formula is C23H22Cl2N+. The standard InChI is InChI=1S/C23H22Cl2N/c1-2-16-26-17-18-12-14-20(15-13-18)23(25,19-8-4-3-5-9-19)21-10-6-7-11-22(21)24/h3-6,8-10,12-15H,2,7,11,16H2,1H3/q+1. The van der Waals surface area contributed by atoms with Crippen LogP contribution in [0.25, 0.3) is 4.85 Å². The van der Waals surface area contributed by atoms with Gasteiger partial charge in [-0.1, -0.05) is 78.0 Å². The molecule has 0 saturated heterocycles. The molecule has 1 aliphatic rings. The zero-order valence-corrected chi connectivity index (χ0v) is 16.4. The summed E-state index contributed by atoms with van der Waals surface area (Å²) >= 11 is 13.9. The lowest BCUT2D eigenvalue weighted by atomic mass is 9.81. The second kappa shape index (κ2) is 8.58. The molecule has 0 heterocycles. The first kappa shape index (κ1) is 18.8. The molecule has 1 nitrogen and oxygen atoms in total. The number of hydrogen-bond acceptors (Lipinski definition) is 0. The largest absolute Gasteiger partial charge is 0.311 e. The Balaban J connectivity index is 2.08. The highest BCUT2D eigenvalue weighted by atomic mass is 35.5. The molecule has 0 aliphatic heterocycles. The van der Waals surface area contributed by atoms with Gasteiger partial charge in [-0.3, -0.25) is 0 Å². The lowest BCUT2D eigenvalue weighted by Gasteiger charge is -2.32. The van der Waals surface area contributed by atoms with Crippen LogP contribution in [0.15, 0.2) is 77.4 Å². The Morgan fingerprint density at radius 3 is 2.38 bits per heavy atom. The number of halogens is 2. The van der Waals surface area contributed by atoms with Crippen molar-refractivity contribution in [3.8, 4) is 6.07 Å². The van der Waals surface area contributed by atoms with Gasteiger partial charge in [0.25, 0.3) is 6.54 Å². The molecule has 1 atom stereocenters. The summed E-state index contributed by atoms with van der Waals surface area (Å²) in [6.07, 6.45) is 6.99. The van der Waals surface area contributed by atoms with E-state index in [0.717, 1.165) is 53.1 Å². The maximum absolute atomic E-state index is 7.31. The van der Waals surface area contributed by atoms with E-state index < -0.39 is 4.87 Å². The Bertz CT molecular complexity index is 870. The minimum Gasteiger partial charge on any atom is -0.103 e. The number of hydrogen-bond donors (Lipinski definition) is 0. The van der Waals surface area contributed by atoms with E-state index in [4.69, 9.17) is 23.2 Å². The molecule has 1 aliphatic carbocycles. The number of alkyl halides is 1. The molecule has 132 valence electrons. The van der Waals surface area contributed by atoms with Gasteiger partial charge in [-0.15, -0.1) is 11.6 Å². The zero-order valence-electron chi connectivity index (χ0n) is 14.9. The number of nitrogens with zero attached hydrogens (tertiary/aromatic N) is 1. The molecular weight excluding hydrogens is 361 g/mol. The number of benzene rings is 2. The van der Waals surface area contributed by atoms with E-state index in [9.17, 15) is 0 Å². The van der Waals surface area contributed by atoms with Crippen LogP contribution >= 0.6 is 23.2 Å². The van der Waals surface area contributed by atoms with Crippen LogP contribution in [-0.2, 0) is 4.87 Å². The first-order valence-electron chi connectivity index (χ1n) is 8.99. The van der Waals surface area contributed by atoms with E-state index in [2.05, 4.69) is 42.1 Å². The van der Waals surface area contributed by atoms with Crippen molar-refractivity contribution in [1.29, 1.82) is 0 Å². The van der Waals surface area contributed by atoms with Crippen LogP contribution in [0.1, 0.15) is 42.9 Å². The minimum atomic E-state index is -0.811. The van der Waals surface area contributed by atoms with Crippen molar-refractivity contribution in [3.05, 3.63) is 98.9 Å². The van der Waals surface area contributed by atoms with Gasteiger partial charge in [0.2, 0.25) is 0 Å². The van der Waals surface area contributed by atoms with Crippen molar-refractivity contribution in [2.24, 2.45) is 0 Å². The van der Waals surface area contributed by atoms with E-state index >= 15 is 0 Å². The molecule has 0 bridgehead atoms. The third kappa shape index (κ3) is 3.88. The number of allylic oxidation sites excluding steroid dienone is 4. The van der Waals surface area contributed by atoms with Crippen molar-refractivity contribution >= 4 is 23.2 Å². The maximum atomic E-state index is 7.31. The summed E-state index contributed by atoms with van der Waals surface area (Å²) in [5.41, 5.74) is 3.91. The molecule has 2 aromatic rings. The summed E-state index contributed by atoms with van der Waals surface area (Å²) in [6, 6.07) is 21.3. The van der Waals surface area contributed by atoms with Crippen molar-refractivity contribution in [2.45, 2.75) is 31.1 Å². The van der Waals surface area contributed by atoms with Crippen LogP contribution in [0.4, 0.5) is 0 Å². The quantitative estimate of drug-likeness (QED) is 0.496. The van der Waals surface area contributed by atoms with Crippen LogP contribution in [0.3, 0.4) is 0 Å². The van der Waals surface area contributed by atoms with Crippen molar-refractivity contribution in [3.63, 3.8) is 0 Å². The third-order valence-electron chi connectivity index (χ3n) is 4.48. The van der Waals surface area contributed by atoms with Crippen molar-refractivity contribution < 1.29 is 0 Å². The monoisotopic (exact) mass is 382 g/mol. The van der Waals surface area contributed by atoms with Gasteiger partial charge in [-0.25, -0.2) is 0 Å². The molecule has 3 heteroatoms. The minimum absolute atomic E-state index is 0.790. The van der Waals surface area contributed by atoms with Gasteiger partial charge in [0.15, 0.2) is 0 Å². The summed E-state index contributed by atoms with van der Waals surface area (Å²) in [4.78, 5) is 3.48. The van der Waals surface area contributed by atoms with Gasteiger partial charge < -0.3 is 0 Å². The highest BCUT2D eigenvalue weighted by Gasteiger charge is 2.37. The molecule has 26 heavy (non-hydrogen) atoms. The van der Waals surface area contributed by atoms with Gasteiger partial charge >= 0.3 is 6.07 Å². The summed E-state index contributed by atoms with van der Waals surface area (Å²) in [7, 11) is 0. The highest BCUT2D eigenvalue weighted by Crippen LogP contribution is 2.47. The second-order valence-corrected chi connectivity index (χ2v) is 7.38. The third-order valence-corrected chi connectivity index (χ3v) is 5.51. The normalized spacial score (nSPS) is 16.0. The van der Waals surface area contributed by atoms with Gasteiger partial charge in [0.05, 0.1) is 0 Å². The van der Waals surface area contributed by atoms with Gasteiger partial charge in [0, 0.05) is 11.5 Å². The topological polar surface area (TPSA) is 4.36 Å². The first-order valence-corrected chi connectivity index (χ1v) is 9.75. The van der Waals surface area contributed by atoms with Crippen LogP contribution in [0.2, 0.25) is 0 Å². The maximum Gasteiger partial charge on any atom is 0.311 e. The summed E-state index contributed by atoms with van der Waals surface area (Å²) in [5, 5.41) is 0.825. The van der Waals surface area contributed by atoms with Crippen LogP contribution in [0.5, 0.6) is 0 Å². The molecule has 0 aromatic heterocycles. The number of rotatable bonds is 4. The average molecular weight is 383 g/mol. The zero-order chi connectivity index (χ0) is 18.4. The second-order valence-electron chi connectivity index (χ2n) is 6.35. The smallest absolute Gasteiger partial charge is 0.103 e. The predicted octanol–water partition coefficient (Wildman–Crippen LogP) is 7.10. The Labute approximate surface area is 165 Å². The molecule has 1 unspecified atom stereocenters. The summed E-state index contributed by atoms with van der Waals surface area (Å²) in [5.74, 6) is 0. The van der Waals surface area contributed by atoms with E-state index in [1.807, 2.05) is 42.5 Å². The van der Waals surface area contributed by atoms with E-state index in [0.29, 0.717) is 0 Å². The molecule has 0 spiro atoms. The Hall–Kier alpha value is -2.01. The van der Waals surface area contributed by atoms with Gasteiger partial charge in [-0.05, 0) is 41.7 Å². The Morgan fingerprint density at radius 1 is 1.04 bits per heavy atom. The van der Waals surface area contributed by atoms with Crippen molar-refractivity contribution in [2.75, 3.05) is 6.54 Å². The Morgan fingerprint density at radius 2 is 1.73 bits per heavy atom. The molecule has 0 saturated carbocycles. The van der Waals surface area contributed by atoms with Crippen molar-refractivity contribution in [1.82, 2.24) is 0 Å². The van der Waals surface area contributed by atoms with Crippen LogP contribution < -0.4 is 0 Å². The summed E-state index contributed by atoms with van der Waals surface area (Å²) < 4.78 is 0. The first-order chi connectivity index (χ1) is 12.7. The average Bonchev–Trinajstić information content (AvgIpc) is 2.69. The van der Waals surface area contributed by atoms with E-state index in [1.54, 1.807) is 0 Å². The predicted molar refractivity (Wildman–Crippen MR) is 112 cm³/mol. The van der Waals surface area contributed by atoms with Gasteiger partial charge in [0.1, 0.15) is 10.4 Å². The Kier molecular flexibility index (Phi) is 6.20. The lowest BCUT2D eigenvalue weighted by Crippen LogP contribution is -2.24. The fourth-order valence-corrected chi connectivity index (χ4v) is 3.91. The molecule has 3 rings (SSSR count). The lowest BCUT2D eigenvalue weighted by molar-refractivity contribution is 0.840. The molecule has 0 amide bonds. The summed E-state index contributed by atoms with van der Waals surface area (Å²) in [6.45, 7) is 2.89. The molecule has 0 radical (unpaired) electrons. The van der Waals surface area contributed by atoms with Crippen LogP contribution in [-0.4, -0.2) is 6.54 Å². The van der Waals surface area contributed by atoms with Gasteiger partial charge in [-0.2, -0.15) is 0 Å². The highest BCUT2D eigenvalue weighted by molar-refractivity contribution is 6.33. The SMILES string of the molecule is CCC[N+]#Cc1ccc(C(Cl)(C2=C(Cl)CCC=C2)c2ccccc2)cc1. The molecule has 2 aromatic carbocycles. The van der Waals surface area contributed by atoms with E-state index in [1.165, 1.54) is 0 Å². The van der Waals surface area contributed by atoms with Crippen LogP contribution in [0, 0.1) is 6.07 Å². The molecule has 0 fully saturated rings. The van der Waals surface area contributed by atoms with E-state index in [-0.39, 0.29) is 0 Å². The molecule has 0 N–H and O–H groups in total. The fourth-order valence-electron chi connectivity index (χ4n) is 3.12.